The summed E-state index contributed by atoms with van der Waals surface area (Å²) in [5.74, 6) is -0.205. The van der Waals surface area contributed by atoms with E-state index in [0.29, 0.717) is 11.3 Å². The van der Waals surface area contributed by atoms with Crippen LogP contribution in [-0.2, 0) is 4.74 Å². The molecule has 134 valence electrons. The van der Waals surface area contributed by atoms with Crippen LogP contribution >= 0.6 is 11.3 Å². The molecule has 0 saturated carbocycles. The van der Waals surface area contributed by atoms with E-state index in [1.165, 1.54) is 13.2 Å². The number of H-pyrrole nitrogens is 1. The molecule has 0 saturated heterocycles. The molecule has 0 amide bonds. The van der Waals surface area contributed by atoms with Crippen LogP contribution in [-0.4, -0.2) is 23.2 Å². The van der Waals surface area contributed by atoms with Gasteiger partial charge in [-0.05, 0) is 29.6 Å². The average Bonchev–Trinajstić information content (AvgIpc) is 3.33. The van der Waals surface area contributed by atoms with Crippen LogP contribution in [0.2, 0.25) is 0 Å². The highest BCUT2D eigenvalue weighted by atomic mass is 32.1. The summed E-state index contributed by atoms with van der Waals surface area (Å²) in [6, 6.07) is 13.2. The van der Waals surface area contributed by atoms with Crippen molar-refractivity contribution in [3.63, 3.8) is 0 Å². The number of methoxy groups -OCH3 is 1. The molecule has 0 radical (unpaired) electrons. The van der Waals surface area contributed by atoms with Gasteiger partial charge in [-0.2, -0.15) is 0 Å². The summed E-state index contributed by atoms with van der Waals surface area (Å²) in [5.41, 5.74) is 3.42. The van der Waals surface area contributed by atoms with Gasteiger partial charge in [0.2, 0.25) is 0 Å². The van der Waals surface area contributed by atoms with Crippen LogP contribution in [0.4, 0.5) is 0 Å². The second-order valence-electron chi connectivity index (χ2n) is 6.31. The Hall–Kier alpha value is -3.25. The van der Waals surface area contributed by atoms with E-state index in [4.69, 9.17) is 9.47 Å². The maximum atomic E-state index is 12.4. The van der Waals surface area contributed by atoms with E-state index in [1.807, 2.05) is 41.9 Å². The lowest BCUT2D eigenvalue weighted by Crippen LogP contribution is -2.09. The molecule has 0 fully saturated rings. The zero-order valence-corrected chi connectivity index (χ0v) is 15.2. The van der Waals surface area contributed by atoms with E-state index in [-0.39, 0.29) is 17.4 Å². The van der Waals surface area contributed by atoms with Gasteiger partial charge in [0.25, 0.3) is 0 Å². The molecule has 2 aromatic heterocycles. The highest BCUT2D eigenvalue weighted by Crippen LogP contribution is 2.49. The van der Waals surface area contributed by atoms with Crippen molar-refractivity contribution in [3.05, 3.63) is 70.0 Å². The van der Waals surface area contributed by atoms with Crippen molar-refractivity contribution in [2.45, 2.75) is 6.10 Å². The van der Waals surface area contributed by atoms with E-state index in [0.717, 1.165) is 26.9 Å². The third-order valence-electron chi connectivity index (χ3n) is 4.87. The number of fused-ring (bicyclic) bond motifs is 2. The summed E-state index contributed by atoms with van der Waals surface area (Å²) < 4.78 is 11.3. The lowest BCUT2D eigenvalue weighted by Gasteiger charge is -2.19. The molecule has 0 aliphatic carbocycles. The second kappa shape index (κ2) is 5.89. The normalized spacial score (nSPS) is 15.1. The van der Waals surface area contributed by atoms with Crippen molar-refractivity contribution in [1.82, 2.24) is 4.98 Å². The molecule has 5 nitrogen and oxygen atoms in total. The maximum Gasteiger partial charge on any atom is 0.342 e. The van der Waals surface area contributed by atoms with Crippen molar-refractivity contribution in [2.24, 2.45) is 0 Å². The van der Waals surface area contributed by atoms with Gasteiger partial charge in [0.05, 0.1) is 7.11 Å². The largest absolute Gasteiger partial charge is 0.507 e. The molecule has 4 aromatic rings. The number of aromatic amines is 1. The summed E-state index contributed by atoms with van der Waals surface area (Å²) in [6.45, 7) is 0. The fraction of sp³-hybridized carbons (Fsp3) is 0.0952. The summed E-state index contributed by atoms with van der Waals surface area (Å²) in [7, 11) is 1.30. The zero-order chi connectivity index (χ0) is 18.5. The van der Waals surface area contributed by atoms with Crippen LogP contribution in [0, 0.1) is 0 Å². The first kappa shape index (κ1) is 16.0. The van der Waals surface area contributed by atoms with E-state index in [9.17, 15) is 9.90 Å². The third kappa shape index (κ3) is 2.27. The number of aromatic nitrogens is 1. The van der Waals surface area contributed by atoms with Crippen molar-refractivity contribution in [3.8, 4) is 22.6 Å². The molecule has 27 heavy (non-hydrogen) atoms. The maximum absolute atomic E-state index is 12.4. The number of rotatable bonds is 2. The Morgan fingerprint density at radius 3 is 2.89 bits per heavy atom. The minimum atomic E-state index is -0.602. The Kier molecular flexibility index (Phi) is 3.48. The van der Waals surface area contributed by atoms with E-state index >= 15 is 0 Å². The van der Waals surface area contributed by atoms with Gasteiger partial charge < -0.3 is 19.6 Å². The first-order valence-corrected chi connectivity index (χ1v) is 9.31. The number of hydrogen-bond acceptors (Lipinski definition) is 5. The van der Waals surface area contributed by atoms with Gasteiger partial charge in [-0.1, -0.05) is 18.2 Å². The van der Waals surface area contributed by atoms with Crippen LogP contribution in [0.5, 0.6) is 11.5 Å². The van der Waals surface area contributed by atoms with Crippen molar-refractivity contribution in [2.75, 3.05) is 7.11 Å². The molecule has 3 heterocycles. The third-order valence-corrected chi connectivity index (χ3v) is 5.79. The average molecular weight is 377 g/mol. The molecule has 0 unspecified atom stereocenters. The number of hydrogen-bond donors (Lipinski definition) is 2. The fourth-order valence-corrected chi connectivity index (χ4v) is 4.49. The Balaban J connectivity index is 1.90. The standard InChI is InChI=1S/C21H15NO4S/c1-25-21(24)19-14(23)7-8-15-18(19)12-10-22-13-5-2-4-11(17(12)13)20(26-15)16-6-3-9-27-16/h2-10,20,22-23H,1H3/t20-/m0/s1. The molecule has 1 atom stereocenters. The summed E-state index contributed by atoms with van der Waals surface area (Å²) in [6.07, 6.45) is 1.54. The van der Waals surface area contributed by atoms with Crippen molar-refractivity contribution >= 4 is 28.2 Å². The minimum absolute atomic E-state index is 0.109. The number of thiophene rings is 1. The summed E-state index contributed by atoms with van der Waals surface area (Å²) >= 11 is 1.62. The van der Waals surface area contributed by atoms with Crippen LogP contribution in [0.25, 0.3) is 22.0 Å². The van der Waals surface area contributed by atoms with Crippen molar-refractivity contribution < 1.29 is 19.4 Å². The molecule has 0 bridgehead atoms. The quantitative estimate of drug-likeness (QED) is 0.489. The highest BCUT2D eigenvalue weighted by Gasteiger charge is 2.32. The lowest BCUT2D eigenvalue weighted by atomic mass is 9.95. The molecule has 1 aliphatic heterocycles. The molecule has 1 aliphatic rings. The van der Waals surface area contributed by atoms with Gasteiger partial charge in [-0.3, -0.25) is 0 Å². The molecule has 5 rings (SSSR count). The predicted octanol–water partition coefficient (Wildman–Crippen LogP) is 4.87. The van der Waals surface area contributed by atoms with E-state index in [1.54, 1.807) is 17.4 Å². The SMILES string of the molecule is COC(=O)c1c(O)ccc2c1-c1c[nH]c3cccc(c13)[C@@H](c1cccs1)O2. The Morgan fingerprint density at radius 1 is 1.22 bits per heavy atom. The number of benzene rings is 2. The Bertz CT molecular complexity index is 1180. The zero-order valence-electron chi connectivity index (χ0n) is 14.4. The Morgan fingerprint density at radius 2 is 2.11 bits per heavy atom. The minimum Gasteiger partial charge on any atom is -0.507 e. The van der Waals surface area contributed by atoms with Crippen LogP contribution in [0.3, 0.4) is 0 Å². The number of esters is 1. The Labute approximate surface area is 158 Å². The van der Waals surface area contributed by atoms with Gasteiger partial charge in [0, 0.05) is 38.7 Å². The second-order valence-corrected chi connectivity index (χ2v) is 7.29. The van der Waals surface area contributed by atoms with E-state index in [2.05, 4.69) is 4.98 Å². The number of nitrogens with one attached hydrogen (secondary N) is 1. The lowest BCUT2D eigenvalue weighted by molar-refractivity contribution is 0.0598. The first-order chi connectivity index (χ1) is 13.2. The van der Waals surface area contributed by atoms with Gasteiger partial charge in [-0.25, -0.2) is 4.79 Å². The summed E-state index contributed by atoms with van der Waals surface area (Å²) in [5, 5.41) is 13.4. The monoisotopic (exact) mass is 377 g/mol. The highest BCUT2D eigenvalue weighted by molar-refractivity contribution is 7.10. The number of carbonyl (C=O) groups excluding carboxylic acids is 1. The molecule has 2 aromatic carbocycles. The molecular weight excluding hydrogens is 362 g/mol. The summed E-state index contributed by atoms with van der Waals surface area (Å²) in [4.78, 5) is 16.8. The van der Waals surface area contributed by atoms with Gasteiger partial charge in [-0.15, -0.1) is 11.3 Å². The predicted molar refractivity (Wildman–Crippen MR) is 104 cm³/mol. The van der Waals surface area contributed by atoms with Gasteiger partial charge in [0.15, 0.2) is 6.10 Å². The van der Waals surface area contributed by atoms with Crippen LogP contribution in [0.1, 0.15) is 26.9 Å². The molecule has 6 heteroatoms. The first-order valence-electron chi connectivity index (χ1n) is 8.43. The van der Waals surface area contributed by atoms with Crippen LogP contribution in [0.15, 0.2) is 54.0 Å². The molecule has 2 N–H and O–H groups in total. The molecular formula is C21H15NO4S. The van der Waals surface area contributed by atoms with E-state index < -0.39 is 5.97 Å². The fourth-order valence-electron chi connectivity index (χ4n) is 3.72. The number of ether oxygens (including phenoxy) is 2. The smallest absolute Gasteiger partial charge is 0.342 e. The number of phenolic OH excluding ortho intramolecular Hbond substituents is 1. The molecule has 0 spiro atoms. The van der Waals surface area contributed by atoms with Crippen LogP contribution < -0.4 is 4.74 Å². The van der Waals surface area contributed by atoms with Gasteiger partial charge >= 0.3 is 5.97 Å². The number of carbonyl (C=O) groups is 1. The van der Waals surface area contributed by atoms with Crippen molar-refractivity contribution in [1.29, 1.82) is 0 Å². The number of phenols is 1. The topological polar surface area (TPSA) is 71.5 Å². The van der Waals surface area contributed by atoms with Gasteiger partial charge in [0.1, 0.15) is 17.1 Å². The number of aromatic hydroxyl groups is 1.